The Morgan fingerprint density at radius 2 is 2.16 bits per heavy atom. The molecule has 4 nitrogen and oxygen atoms in total. The Morgan fingerprint density at radius 3 is 2.84 bits per heavy atom. The number of hydrogen-bond acceptors (Lipinski definition) is 3. The van der Waals surface area contributed by atoms with Gasteiger partial charge in [0.05, 0.1) is 4.92 Å². The molecule has 0 radical (unpaired) electrons. The van der Waals surface area contributed by atoms with Gasteiger partial charge in [-0.3, -0.25) is 10.1 Å². The number of likely N-dealkylation sites (N-methyl/N-ethyl adjacent to an activating group) is 1. The van der Waals surface area contributed by atoms with Gasteiger partial charge in [0.25, 0.3) is 5.69 Å². The average Bonchev–Trinajstić information content (AvgIpc) is 2.58. The van der Waals surface area contributed by atoms with Gasteiger partial charge in [0.15, 0.2) is 0 Å². The molecule has 1 aromatic rings. The number of nitrogens with zero attached hydrogens (tertiary/aromatic N) is 2. The minimum Gasteiger partial charge on any atom is -0.380 e. The lowest BCUT2D eigenvalue weighted by molar-refractivity contribution is -0.384. The molecule has 0 aromatic heterocycles. The van der Waals surface area contributed by atoms with Crippen LogP contribution in [0.4, 0.5) is 5.69 Å². The first-order valence-electron chi connectivity index (χ1n) is 6.58. The van der Waals surface area contributed by atoms with Crippen molar-refractivity contribution in [2.75, 3.05) is 13.6 Å². The van der Waals surface area contributed by atoms with Crippen LogP contribution in [0.5, 0.6) is 0 Å². The van der Waals surface area contributed by atoms with Crippen LogP contribution < -0.4 is 0 Å². The molecule has 0 spiro atoms. The van der Waals surface area contributed by atoms with Gasteiger partial charge in [0, 0.05) is 31.6 Å². The fourth-order valence-corrected chi connectivity index (χ4v) is 3.63. The molecule has 2 atom stereocenters. The molecule has 4 heteroatoms. The van der Waals surface area contributed by atoms with E-state index < -0.39 is 0 Å². The summed E-state index contributed by atoms with van der Waals surface area (Å²) in [4.78, 5) is 12.8. The van der Waals surface area contributed by atoms with Crippen molar-refractivity contribution in [1.29, 1.82) is 0 Å². The predicted octanol–water partition coefficient (Wildman–Crippen LogP) is 3.04. The molecule has 1 aromatic carbocycles. The topological polar surface area (TPSA) is 46.4 Å². The number of non-ortho nitro benzene ring substituents is 1. The van der Waals surface area contributed by atoms with Crippen molar-refractivity contribution in [3.8, 4) is 0 Å². The maximum Gasteiger partial charge on any atom is 0.269 e. The molecule has 2 unspecified atom stereocenters. The van der Waals surface area contributed by atoms with Crippen LogP contribution in [0.25, 0.3) is 0 Å². The zero-order valence-corrected chi connectivity index (χ0v) is 11.5. The highest BCUT2D eigenvalue weighted by atomic mass is 16.6. The Labute approximate surface area is 112 Å². The van der Waals surface area contributed by atoms with Crippen LogP contribution in [-0.2, 0) is 5.41 Å². The fourth-order valence-electron chi connectivity index (χ4n) is 3.63. The predicted molar refractivity (Wildman–Crippen MR) is 74.1 cm³/mol. The number of rotatable bonds is 1. The summed E-state index contributed by atoms with van der Waals surface area (Å²) in [5.41, 5.74) is 2.66. The summed E-state index contributed by atoms with van der Waals surface area (Å²) < 4.78 is 0. The summed E-state index contributed by atoms with van der Waals surface area (Å²) in [5.74, 6) is 0.792. The van der Waals surface area contributed by atoms with Gasteiger partial charge < -0.3 is 4.90 Å². The smallest absolute Gasteiger partial charge is 0.269 e. The number of hydrogen-bond donors (Lipinski definition) is 0. The number of fused-ring (bicyclic) bond motifs is 3. The molecular formula is C15H18N2O2. The van der Waals surface area contributed by atoms with Crippen LogP contribution in [0.15, 0.2) is 30.5 Å². The molecule has 2 aliphatic rings. The standard InChI is InChI=1S/C15H18N2O2/c1-15(2)13-5-4-10(17(18)19)8-11(13)12-9-16(3)7-6-14(12)15/h4-8,12,14H,9H2,1-3H3. The Balaban J connectivity index is 2.15. The van der Waals surface area contributed by atoms with Gasteiger partial charge in [-0.25, -0.2) is 0 Å². The number of nitro benzene ring substituents is 1. The van der Waals surface area contributed by atoms with Gasteiger partial charge in [-0.1, -0.05) is 26.0 Å². The van der Waals surface area contributed by atoms with E-state index in [4.69, 9.17) is 0 Å². The van der Waals surface area contributed by atoms with E-state index >= 15 is 0 Å². The summed E-state index contributed by atoms with van der Waals surface area (Å²) in [7, 11) is 2.05. The molecule has 0 saturated heterocycles. The molecule has 1 aliphatic carbocycles. The third-order valence-electron chi connectivity index (χ3n) is 4.64. The lowest BCUT2D eigenvalue weighted by Gasteiger charge is -2.34. The molecule has 1 heterocycles. The first-order chi connectivity index (χ1) is 8.91. The van der Waals surface area contributed by atoms with Crippen LogP contribution in [0.1, 0.15) is 30.9 Å². The van der Waals surface area contributed by atoms with E-state index in [1.165, 1.54) is 5.56 Å². The summed E-state index contributed by atoms with van der Waals surface area (Å²) >= 11 is 0. The Hall–Kier alpha value is -1.84. The second kappa shape index (κ2) is 3.83. The van der Waals surface area contributed by atoms with Crippen molar-refractivity contribution >= 4 is 5.69 Å². The average molecular weight is 258 g/mol. The molecule has 100 valence electrons. The Morgan fingerprint density at radius 1 is 1.42 bits per heavy atom. The van der Waals surface area contributed by atoms with E-state index in [1.807, 2.05) is 6.07 Å². The number of benzene rings is 1. The highest BCUT2D eigenvalue weighted by molar-refractivity contribution is 5.51. The van der Waals surface area contributed by atoms with Gasteiger partial charge in [-0.2, -0.15) is 0 Å². The number of allylic oxidation sites excluding steroid dienone is 1. The van der Waals surface area contributed by atoms with Crippen LogP contribution in [0, 0.1) is 16.0 Å². The lowest BCUT2D eigenvalue weighted by atomic mass is 9.75. The van der Waals surface area contributed by atoms with E-state index in [1.54, 1.807) is 12.1 Å². The second-order valence-corrected chi connectivity index (χ2v) is 6.16. The largest absolute Gasteiger partial charge is 0.380 e. The zero-order chi connectivity index (χ0) is 13.8. The summed E-state index contributed by atoms with van der Waals surface area (Å²) in [6, 6.07) is 5.35. The molecule has 0 N–H and O–H groups in total. The highest BCUT2D eigenvalue weighted by Crippen LogP contribution is 2.53. The maximum absolute atomic E-state index is 11.0. The van der Waals surface area contributed by atoms with E-state index in [2.05, 4.69) is 38.1 Å². The maximum atomic E-state index is 11.0. The van der Waals surface area contributed by atoms with Crippen LogP contribution in [-0.4, -0.2) is 23.4 Å². The van der Waals surface area contributed by atoms with E-state index in [0.717, 1.165) is 12.1 Å². The molecule has 0 amide bonds. The summed E-state index contributed by atoms with van der Waals surface area (Å²) in [6.45, 7) is 5.40. The van der Waals surface area contributed by atoms with E-state index in [0.29, 0.717) is 11.8 Å². The first-order valence-corrected chi connectivity index (χ1v) is 6.58. The van der Waals surface area contributed by atoms with Gasteiger partial charge in [-0.05, 0) is 28.7 Å². The van der Waals surface area contributed by atoms with Crippen LogP contribution in [0.2, 0.25) is 0 Å². The van der Waals surface area contributed by atoms with Crippen molar-refractivity contribution < 1.29 is 4.92 Å². The molecule has 3 rings (SSSR count). The second-order valence-electron chi connectivity index (χ2n) is 6.16. The van der Waals surface area contributed by atoms with Crippen LogP contribution >= 0.6 is 0 Å². The summed E-state index contributed by atoms with van der Waals surface area (Å²) in [5, 5.41) is 11.0. The first kappa shape index (κ1) is 12.2. The van der Waals surface area contributed by atoms with Gasteiger partial charge in [0.1, 0.15) is 0 Å². The minimum absolute atomic E-state index is 0.0485. The van der Waals surface area contributed by atoms with E-state index in [-0.39, 0.29) is 16.0 Å². The van der Waals surface area contributed by atoms with Crippen LogP contribution in [0.3, 0.4) is 0 Å². The van der Waals surface area contributed by atoms with Crippen molar-refractivity contribution in [2.45, 2.75) is 25.2 Å². The SMILES string of the molecule is CN1C=CC2C(C1)c1cc([N+](=O)[O-])ccc1C2(C)C. The molecule has 1 aliphatic heterocycles. The molecule has 0 bridgehead atoms. The molecular weight excluding hydrogens is 240 g/mol. The van der Waals surface area contributed by atoms with Gasteiger partial charge >= 0.3 is 0 Å². The monoisotopic (exact) mass is 258 g/mol. The van der Waals surface area contributed by atoms with Crippen molar-refractivity contribution in [2.24, 2.45) is 5.92 Å². The lowest BCUT2D eigenvalue weighted by Crippen LogP contribution is -2.32. The summed E-state index contributed by atoms with van der Waals surface area (Å²) in [6.07, 6.45) is 4.38. The molecule has 19 heavy (non-hydrogen) atoms. The normalized spacial score (nSPS) is 27.0. The minimum atomic E-state index is -0.303. The Kier molecular flexibility index (Phi) is 2.46. The van der Waals surface area contributed by atoms with E-state index in [9.17, 15) is 10.1 Å². The zero-order valence-electron chi connectivity index (χ0n) is 11.5. The van der Waals surface area contributed by atoms with Crippen molar-refractivity contribution in [1.82, 2.24) is 4.90 Å². The Bertz CT molecular complexity index is 578. The third-order valence-corrected chi connectivity index (χ3v) is 4.64. The van der Waals surface area contributed by atoms with Crippen molar-refractivity contribution in [3.63, 3.8) is 0 Å². The fraction of sp³-hybridized carbons (Fsp3) is 0.467. The number of nitro groups is 1. The third kappa shape index (κ3) is 1.66. The van der Waals surface area contributed by atoms with Gasteiger partial charge in [0.2, 0.25) is 0 Å². The molecule has 0 fully saturated rings. The van der Waals surface area contributed by atoms with Crippen molar-refractivity contribution in [3.05, 3.63) is 51.7 Å². The molecule has 0 saturated carbocycles. The highest BCUT2D eigenvalue weighted by Gasteiger charge is 2.46. The van der Waals surface area contributed by atoms with Gasteiger partial charge in [-0.15, -0.1) is 0 Å². The quantitative estimate of drug-likeness (QED) is 0.574.